The number of ether oxygens (including phenoxy) is 2. The number of benzene rings is 1. The van der Waals surface area contributed by atoms with Crippen molar-refractivity contribution in [1.82, 2.24) is 14.4 Å². The normalized spacial score (nSPS) is 21.4. The van der Waals surface area contributed by atoms with Crippen molar-refractivity contribution in [2.45, 2.75) is 57.6 Å². The van der Waals surface area contributed by atoms with Gasteiger partial charge in [0.15, 0.2) is 11.5 Å². The van der Waals surface area contributed by atoms with Gasteiger partial charge in [0.25, 0.3) is 5.91 Å². The largest absolute Gasteiger partial charge is 0.486 e. The predicted octanol–water partition coefficient (Wildman–Crippen LogP) is 2.20. The third-order valence-electron chi connectivity index (χ3n) is 7.61. The molecule has 2 amide bonds. The average Bonchev–Trinajstić information content (AvgIpc) is 3.29. The molecule has 2 aliphatic heterocycles. The van der Waals surface area contributed by atoms with Crippen molar-refractivity contribution in [2.24, 2.45) is 11.8 Å². The van der Waals surface area contributed by atoms with Crippen molar-refractivity contribution in [3.63, 3.8) is 0 Å². The molecule has 13 heteroatoms. The molecule has 40 heavy (non-hydrogen) atoms. The smallest absolute Gasteiger partial charge is 0.258 e. The minimum atomic E-state index is -3.97. The molecular weight excluding hydrogens is 540 g/mol. The topological polar surface area (TPSA) is 152 Å². The number of aryl methyl sites for hydroxylation is 2. The number of nitrogens with zero attached hydrogens (tertiary/aromatic N) is 3. The van der Waals surface area contributed by atoms with Crippen LogP contribution in [0.2, 0.25) is 0 Å². The number of carbonyl (C=O) groups excluding carboxylic acids is 2. The predicted molar refractivity (Wildman–Crippen MR) is 146 cm³/mol. The second-order valence-corrected chi connectivity index (χ2v) is 12.6. The Balaban J connectivity index is 1.71. The van der Waals surface area contributed by atoms with Crippen LogP contribution >= 0.6 is 0 Å². The highest BCUT2D eigenvalue weighted by molar-refractivity contribution is 7.89. The van der Waals surface area contributed by atoms with Gasteiger partial charge >= 0.3 is 0 Å². The second kappa shape index (κ2) is 12.2. The number of nitrogens with one attached hydrogen (secondary N) is 1. The van der Waals surface area contributed by atoms with Gasteiger partial charge in [0, 0.05) is 38.6 Å². The van der Waals surface area contributed by atoms with Gasteiger partial charge in [0.2, 0.25) is 15.9 Å². The Morgan fingerprint density at radius 3 is 2.60 bits per heavy atom. The summed E-state index contributed by atoms with van der Waals surface area (Å²) in [6.07, 6.45) is 0.473. The molecule has 2 N–H and O–H groups in total. The van der Waals surface area contributed by atoms with Crippen LogP contribution in [0.5, 0.6) is 5.75 Å². The zero-order chi connectivity index (χ0) is 29.2. The molecule has 0 radical (unpaired) electrons. The van der Waals surface area contributed by atoms with Crippen molar-refractivity contribution in [3.8, 4) is 5.75 Å². The number of carbonyl (C=O) groups is 2. The van der Waals surface area contributed by atoms with Gasteiger partial charge in [-0.3, -0.25) is 9.59 Å². The maximum Gasteiger partial charge on any atom is 0.258 e. The van der Waals surface area contributed by atoms with E-state index in [1.54, 1.807) is 43.9 Å². The maximum atomic E-state index is 13.7. The minimum absolute atomic E-state index is 0.00372. The Hall–Kier alpha value is -3.00. The SMILES string of the molecule is Cc1noc(C)c1S(=O)(=O)N(C)C[C@H]1Oc2c(NC(=O)C3CCOCC3)cccc2C(=O)N([C@@H](C)CO)C[C@H]1C. The van der Waals surface area contributed by atoms with Gasteiger partial charge in [-0.25, -0.2) is 8.42 Å². The number of anilines is 1. The summed E-state index contributed by atoms with van der Waals surface area (Å²) >= 11 is 0. The number of hydrogen-bond acceptors (Lipinski definition) is 9. The van der Waals surface area contributed by atoms with Gasteiger partial charge in [-0.05, 0) is 45.7 Å². The Morgan fingerprint density at radius 2 is 1.98 bits per heavy atom. The summed E-state index contributed by atoms with van der Waals surface area (Å²) in [7, 11) is -2.52. The lowest BCUT2D eigenvalue weighted by atomic mass is 9.98. The first kappa shape index (κ1) is 30.0. The van der Waals surface area contributed by atoms with Crippen LogP contribution in [0.3, 0.4) is 0 Å². The van der Waals surface area contributed by atoms with E-state index in [4.69, 9.17) is 14.0 Å². The van der Waals surface area contributed by atoms with Gasteiger partial charge < -0.3 is 29.3 Å². The maximum absolute atomic E-state index is 13.7. The third-order valence-corrected chi connectivity index (χ3v) is 9.68. The highest BCUT2D eigenvalue weighted by Gasteiger charge is 2.37. The van der Waals surface area contributed by atoms with Crippen molar-refractivity contribution in [1.29, 1.82) is 0 Å². The molecule has 1 saturated heterocycles. The third kappa shape index (κ3) is 6.02. The zero-order valence-corrected chi connectivity index (χ0v) is 24.4. The Morgan fingerprint density at radius 1 is 1.27 bits per heavy atom. The Labute approximate surface area is 234 Å². The molecule has 1 fully saturated rings. The van der Waals surface area contributed by atoms with Crippen LogP contribution in [-0.2, 0) is 19.6 Å². The highest BCUT2D eigenvalue weighted by atomic mass is 32.2. The van der Waals surface area contributed by atoms with Crippen LogP contribution in [0.15, 0.2) is 27.6 Å². The summed E-state index contributed by atoms with van der Waals surface area (Å²) < 4.78 is 45.1. The van der Waals surface area contributed by atoms with Crippen LogP contribution < -0.4 is 10.1 Å². The highest BCUT2D eigenvalue weighted by Crippen LogP contribution is 2.36. The molecule has 2 aliphatic rings. The number of rotatable bonds is 8. The summed E-state index contributed by atoms with van der Waals surface area (Å²) in [5.41, 5.74) is 0.806. The standard InChI is InChI=1S/C27H38N4O8S/c1-16-13-31(17(2)15-32)27(34)21-7-6-8-22(28-26(33)20-9-11-37-12-10-20)24(21)38-23(16)14-30(5)40(35,36)25-18(3)29-39-19(25)4/h6-8,16-17,20,23,32H,9-15H2,1-5H3,(H,28,33)/t16-,17+,23-/m1/s1. The average molecular weight is 579 g/mol. The number of hydrogen-bond donors (Lipinski definition) is 2. The Bertz CT molecular complexity index is 1320. The molecule has 1 aromatic heterocycles. The monoisotopic (exact) mass is 578 g/mol. The molecule has 0 saturated carbocycles. The number of likely N-dealkylation sites (N-methyl/N-ethyl adjacent to an activating group) is 1. The van der Waals surface area contributed by atoms with E-state index in [9.17, 15) is 23.1 Å². The summed E-state index contributed by atoms with van der Waals surface area (Å²) in [6, 6.07) is 4.44. The molecule has 3 atom stereocenters. The van der Waals surface area contributed by atoms with Gasteiger partial charge in [-0.15, -0.1) is 0 Å². The number of amides is 2. The summed E-state index contributed by atoms with van der Waals surface area (Å²) in [4.78, 5) is 28.3. The molecule has 0 bridgehead atoms. The quantitative estimate of drug-likeness (QED) is 0.480. The minimum Gasteiger partial charge on any atom is -0.486 e. The van der Waals surface area contributed by atoms with Crippen LogP contribution in [0.4, 0.5) is 5.69 Å². The van der Waals surface area contributed by atoms with Crippen molar-refractivity contribution in [2.75, 3.05) is 45.3 Å². The van der Waals surface area contributed by atoms with Crippen LogP contribution in [0, 0.1) is 25.7 Å². The van der Waals surface area contributed by atoms with Gasteiger partial charge in [0.05, 0.1) is 30.4 Å². The molecule has 220 valence electrons. The van der Waals surface area contributed by atoms with Crippen LogP contribution in [0.1, 0.15) is 48.5 Å². The fourth-order valence-corrected chi connectivity index (χ4v) is 6.57. The number of aliphatic hydroxyl groups is 1. The molecule has 0 unspecified atom stereocenters. The first-order chi connectivity index (χ1) is 18.9. The lowest BCUT2D eigenvalue weighted by Gasteiger charge is -2.38. The lowest BCUT2D eigenvalue weighted by Crippen LogP contribution is -2.50. The summed E-state index contributed by atoms with van der Waals surface area (Å²) in [6.45, 7) is 7.63. The van der Waals surface area contributed by atoms with E-state index in [0.29, 0.717) is 31.7 Å². The van der Waals surface area contributed by atoms with Crippen molar-refractivity contribution in [3.05, 3.63) is 35.2 Å². The van der Waals surface area contributed by atoms with Crippen molar-refractivity contribution < 1.29 is 37.1 Å². The number of aromatic nitrogens is 1. The van der Waals surface area contributed by atoms with Crippen molar-refractivity contribution >= 4 is 27.5 Å². The first-order valence-corrected chi connectivity index (χ1v) is 14.9. The number of aliphatic hydroxyl groups excluding tert-OH is 1. The molecule has 0 aliphatic carbocycles. The van der Waals surface area contributed by atoms with E-state index in [0.717, 1.165) is 0 Å². The van der Waals surface area contributed by atoms with Crippen LogP contribution in [0.25, 0.3) is 0 Å². The fourth-order valence-electron chi connectivity index (χ4n) is 5.10. The number of para-hydroxylation sites is 1. The molecule has 4 rings (SSSR count). The summed E-state index contributed by atoms with van der Waals surface area (Å²) in [5.74, 6) is -0.761. The van der Waals surface area contributed by atoms with E-state index >= 15 is 0 Å². The zero-order valence-electron chi connectivity index (χ0n) is 23.5. The van der Waals surface area contributed by atoms with E-state index in [2.05, 4.69) is 10.5 Å². The molecular formula is C27H38N4O8S. The number of fused-ring (bicyclic) bond motifs is 1. The summed E-state index contributed by atoms with van der Waals surface area (Å²) in [5, 5.41) is 16.6. The molecule has 2 aromatic rings. The van der Waals surface area contributed by atoms with E-state index in [1.165, 1.54) is 11.4 Å². The van der Waals surface area contributed by atoms with E-state index < -0.39 is 22.2 Å². The first-order valence-electron chi connectivity index (χ1n) is 13.4. The van der Waals surface area contributed by atoms with Gasteiger partial charge in [-0.2, -0.15) is 4.31 Å². The molecule has 12 nitrogen and oxygen atoms in total. The molecule has 1 aromatic carbocycles. The Kier molecular flexibility index (Phi) is 9.18. The second-order valence-electron chi connectivity index (χ2n) is 10.6. The van der Waals surface area contributed by atoms with Gasteiger partial charge in [0.1, 0.15) is 16.7 Å². The van der Waals surface area contributed by atoms with E-state index in [-0.39, 0.29) is 71.0 Å². The molecule has 0 spiro atoms. The fraction of sp³-hybridized carbons (Fsp3) is 0.593. The number of sulfonamides is 1. The van der Waals surface area contributed by atoms with Gasteiger partial charge in [-0.1, -0.05) is 18.1 Å². The van der Waals surface area contributed by atoms with Crippen LogP contribution in [-0.4, -0.2) is 91.8 Å². The molecule has 3 heterocycles. The lowest BCUT2D eigenvalue weighted by molar-refractivity contribution is -0.122. The van der Waals surface area contributed by atoms with E-state index in [1.807, 2.05) is 6.92 Å².